The van der Waals surface area contributed by atoms with Crippen LogP contribution in [0.3, 0.4) is 0 Å². The number of nitrogens with zero attached hydrogens (tertiary/aromatic N) is 3. The van der Waals surface area contributed by atoms with E-state index in [0.29, 0.717) is 23.9 Å². The van der Waals surface area contributed by atoms with Gasteiger partial charge in [-0.1, -0.05) is 12.1 Å². The number of benzene rings is 1. The second kappa shape index (κ2) is 6.62. The largest absolute Gasteiger partial charge is 0.336 e. The van der Waals surface area contributed by atoms with E-state index in [1.165, 1.54) is 4.68 Å². The summed E-state index contributed by atoms with van der Waals surface area (Å²) in [6.07, 6.45) is 5.42. The Balaban J connectivity index is 1.67. The molecule has 0 amide bonds. The predicted molar refractivity (Wildman–Crippen MR) is 88.5 cm³/mol. The highest BCUT2D eigenvalue weighted by Gasteiger charge is 2.07. The molecule has 0 bridgehead atoms. The lowest BCUT2D eigenvalue weighted by Gasteiger charge is -2.15. The quantitative estimate of drug-likeness (QED) is 0.696. The maximum atomic E-state index is 12.4. The Kier molecular flexibility index (Phi) is 4.38. The first-order valence-electron chi connectivity index (χ1n) is 7.56. The van der Waals surface area contributed by atoms with E-state index < -0.39 is 0 Å². The summed E-state index contributed by atoms with van der Waals surface area (Å²) in [6.45, 7) is 3.85. The molecule has 0 radical (unpaired) electrons. The topological polar surface area (TPSA) is 84.7 Å². The standard InChI is InChI=1S/C16H19N5O2/c1-12(10-20-8-6-17-11-20)18-7-9-21-16(23)14-5-3-2-4-13(14)15(22)19-21/h2-6,8,11-12,18H,7,9-10H2,1H3,(H,19,22)/t12-/m1/s1. The van der Waals surface area contributed by atoms with Gasteiger partial charge in [0, 0.05) is 31.5 Å². The molecule has 0 spiro atoms. The van der Waals surface area contributed by atoms with Crippen molar-refractivity contribution >= 4 is 10.8 Å². The van der Waals surface area contributed by atoms with Crippen LogP contribution in [0, 0.1) is 0 Å². The van der Waals surface area contributed by atoms with Gasteiger partial charge in [-0.2, -0.15) is 0 Å². The molecule has 0 aliphatic carbocycles. The van der Waals surface area contributed by atoms with E-state index >= 15 is 0 Å². The lowest BCUT2D eigenvalue weighted by molar-refractivity contribution is 0.444. The summed E-state index contributed by atoms with van der Waals surface area (Å²) in [4.78, 5) is 28.4. The van der Waals surface area contributed by atoms with E-state index in [0.717, 1.165) is 6.54 Å². The normalized spacial score (nSPS) is 12.6. The van der Waals surface area contributed by atoms with Gasteiger partial charge in [0.15, 0.2) is 0 Å². The number of H-pyrrole nitrogens is 1. The summed E-state index contributed by atoms with van der Waals surface area (Å²) < 4.78 is 3.35. The molecular formula is C16H19N5O2. The highest BCUT2D eigenvalue weighted by atomic mass is 16.2. The highest BCUT2D eigenvalue weighted by Crippen LogP contribution is 2.02. The summed E-state index contributed by atoms with van der Waals surface area (Å²) in [5.74, 6) is 0. The summed E-state index contributed by atoms with van der Waals surface area (Å²) >= 11 is 0. The van der Waals surface area contributed by atoms with Crippen molar-refractivity contribution in [3.8, 4) is 0 Å². The molecule has 3 rings (SSSR count). The van der Waals surface area contributed by atoms with Gasteiger partial charge in [-0.25, -0.2) is 9.67 Å². The van der Waals surface area contributed by atoms with Crippen LogP contribution in [-0.2, 0) is 13.1 Å². The molecule has 1 aromatic carbocycles. The van der Waals surface area contributed by atoms with Crippen LogP contribution in [-0.4, -0.2) is 31.9 Å². The molecule has 0 saturated carbocycles. The van der Waals surface area contributed by atoms with Crippen molar-refractivity contribution in [1.82, 2.24) is 24.6 Å². The minimum absolute atomic E-state index is 0.177. The monoisotopic (exact) mass is 313 g/mol. The van der Waals surface area contributed by atoms with E-state index in [9.17, 15) is 9.59 Å². The molecule has 7 nitrogen and oxygen atoms in total. The maximum absolute atomic E-state index is 12.4. The van der Waals surface area contributed by atoms with Gasteiger partial charge < -0.3 is 9.88 Å². The number of aromatic nitrogens is 4. The average Bonchev–Trinajstić information content (AvgIpc) is 3.05. The molecule has 23 heavy (non-hydrogen) atoms. The number of hydrogen-bond donors (Lipinski definition) is 2. The average molecular weight is 313 g/mol. The van der Waals surface area contributed by atoms with Crippen molar-refractivity contribution in [1.29, 1.82) is 0 Å². The summed E-state index contributed by atoms with van der Waals surface area (Å²) in [5.41, 5.74) is -0.420. The minimum Gasteiger partial charge on any atom is -0.336 e. The van der Waals surface area contributed by atoms with Gasteiger partial charge in [-0.05, 0) is 19.1 Å². The Hall–Kier alpha value is -2.67. The first-order valence-corrected chi connectivity index (χ1v) is 7.56. The third-order valence-corrected chi connectivity index (χ3v) is 3.76. The van der Waals surface area contributed by atoms with E-state index in [-0.39, 0.29) is 17.2 Å². The van der Waals surface area contributed by atoms with Crippen molar-refractivity contribution in [2.24, 2.45) is 0 Å². The van der Waals surface area contributed by atoms with Gasteiger partial charge in [-0.15, -0.1) is 0 Å². The minimum atomic E-state index is -0.244. The molecule has 2 aromatic heterocycles. The van der Waals surface area contributed by atoms with Crippen molar-refractivity contribution in [3.63, 3.8) is 0 Å². The van der Waals surface area contributed by atoms with Crippen LogP contribution >= 0.6 is 0 Å². The second-order valence-corrected chi connectivity index (χ2v) is 5.56. The van der Waals surface area contributed by atoms with Crippen molar-refractivity contribution < 1.29 is 0 Å². The summed E-state index contributed by atoms with van der Waals surface area (Å²) in [6, 6.07) is 7.08. The number of nitrogens with one attached hydrogen (secondary N) is 2. The Morgan fingerprint density at radius 3 is 2.78 bits per heavy atom. The fraction of sp³-hybridized carbons (Fsp3) is 0.312. The molecule has 0 fully saturated rings. The Labute approximate surface area is 132 Å². The third kappa shape index (κ3) is 3.40. The molecule has 3 aromatic rings. The Morgan fingerprint density at radius 1 is 1.26 bits per heavy atom. The van der Waals surface area contributed by atoms with Gasteiger partial charge in [0.05, 0.1) is 23.6 Å². The number of fused-ring (bicyclic) bond motifs is 1. The van der Waals surface area contributed by atoms with Crippen LogP contribution in [0.2, 0.25) is 0 Å². The van der Waals surface area contributed by atoms with E-state index in [1.807, 2.05) is 10.8 Å². The lowest BCUT2D eigenvalue weighted by Crippen LogP contribution is -2.37. The zero-order valence-corrected chi connectivity index (χ0v) is 12.9. The molecule has 7 heteroatoms. The van der Waals surface area contributed by atoms with E-state index in [2.05, 4.69) is 22.3 Å². The smallest absolute Gasteiger partial charge is 0.273 e. The summed E-state index contributed by atoms with van der Waals surface area (Å²) in [5, 5.41) is 6.84. The second-order valence-electron chi connectivity index (χ2n) is 5.56. The van der Waals surface area contributed by atoms with Gasteiger partial charge in [0.25, 0.3) is 11.1 Å². The van der Waals surface area contributed by atoms with Gasteiger partial charge >= 0.3 is 0 Å². The van der Waals surface area contributed by atoms with Crippen LogP contribution in [0.15, 0.2) is 52.6 Å². The van der Waals surface area contributed by atoms with Gasteiger partial charge in [0.1, 0.15) is 0 Å². The molecule has 2 heterocycles. The molecule has 0 aliphatic heterocycles. The van der Waals surface area contributed by atoms with Gasteiger partial charge in [-0.3, -0.25) is 14.7 Å². The van der Waals surface area contributed by atoms with Crippen LogP contribution in [0.4, 0.5) is 0 Å². The lowest BCUT2D eigenvalue weighted by atomic mass is 10.2. The van der Waals surface area contributed by atoms with Crippen molar-refractivity contribution in [2.45, 2.75) is 26.1 Å². The maximum Gasteiger partial charge on any atom is 0.273 e. The fourth-order valence-electron chi connectivity index (χ4n) is 2.60. The summed E-state index contributed by atoms with van der Waals surface area (Å²) in [7, 11) is 0. The number of hydrogen-bond acceptors (Lipinski definition) is 4. The molecule has 120 valence electrons. The zero-order chi connectivity index (χ0) is 16.2. The number of aromatic amines is 1. The molecule has 1 atom stereocenters. The molecule has 0 unspecified atom stereocenters. The Bertz CT molecular complexity index is 895. The fourth-order valence-corrected chi connectivity index (χ4v) is 2.60. The van der Waals surface area contributed by atoms with Crippen molar-refractivity contribution in [3.05, 3.63) is 63.7 Å². The van der Waals surface area contributed by atoms with Crippen LogP contribution < -0.4 is 16.4 Å². The van der Waals surface area contributed by atoms with Gasteiger partial charge in [0.2, 0.25) is 0 Å². The molecule has 2 N–H and O–H groups in total. The third-order valence-electron chi connectivity index (χ3n) is 3.76. The van der Waals surface area contributed by atoms with E-state index in [1.54, 1.807) is 36.8 Å². The highest BCUT2D eigenvalue weighted by molar-refractivity contribution is 5.80. The molecule has 0 aliphatic rings. The zero-order valence-electron chi connectivity index (χ0n) is 12.9. The van der Waals surface area contributed by atoms with Crippen LogP contribution in [0.25, 0.3) is 10.8 Å². The predicted octanol–water partition coefficient (Wildman–Crippen LogP) is 0.565. The van der Waals surface area contributed by atoms with Crippen LogP contribution in [0.5, 0.6) is 0 Å². The first-order chi connectivity index (χ1) is 11.1. The molecule has 0 saturated heterocycles. The van der Waals surface area contributed by atoms with Crippen molar-refractivity contribution in [2.75, 3.05) is 6.54 Å². The SMILES string of the molecule is C[C@H](Cn1ccnc1)NCCn1[nH]c(=O)c2ccccc2c1=O. The molecular weight excluding hydrogens is 294 g/mol. The van der Waals surface area contributed by atoms with Crippen LogP contribution in [0.1, 0.15) is 6.92 Å². The number of imidazole rings is 1. The Morgan fingerprint density at radius 2 is 2.04 bits per heavy atom. The van der Waals surface area contributed by atoms with E-state index in [4.69, 9.17) is 0 Å². The first kappa shape index (κ1) is 15.2. The number of rotatable bonds is 6.